The molecule has 0 unspecified atom stereocenters. The molecular formula is C14H18FNO2S. The van der Waals surface area contributed by atoms with Crippen molar-refractivity contribution in [3.05, 3.63) is 35.6 Å². The first kappa shape index (κ1) is 14.3. The lowest BCUT2D eigenvalue weighted by Gasteiger charge is -2.29. The molecule has 1 aliphatic heterocycles. The van der Waals surface area contributed by atoms with Crippen LogP contribution in [0.5, 0.6) is 0 Å². The maximum Gasteiger partial charge on any atom is 0.232 e. The third-order valence-corrected chi connectivity index (χ3v) is 4.21. The highest BCUT2D eigenvalue weighted by Crippen LogP contribution is 2.15. The lowest BCUT2D eigenvalue weighted by molar-refractivity contribution is -0.130. The van der Waals surface area contributed by atoms with Crippen molar-refractivity contribution in [1.82, 2.24) is 4.90 Å². The Kier molecular flexibility index (Phi) is 5.22. The van der Waals surface area contributed by atoms with Crippen LogP contribution in [0, 0.1) is 5.82 Å². The predicted octanol–water partition coefficient (Wildman–Crippen LogP) is 2.04. The molecule has 1 saturated heterocycles. The van der Waals surface area contributed by atoms with Gasteiger partial charge < -0.3 is 10.0 Å². The van der Waals surface area contributed by atoms with Crippen molar-refractivity contribution in [3.8, 4) is 0 Å². The summed E-state index contributed by atoms with van der Waals surface area (Å²) in [6, 6.07) is 6.35. The van der Waals surface area contributed by atoms with Crippen molar-refractivity contribution in [1.29, 1.82) is 0 Å². The van der Waals surface area contributed by atoms with Crippen LogP contribution in [0.25, 0.3) is 0 Å². The lowest BCUT2D eigenvalue weighted by Crippen LogP contribution is -2.40. The molecule has 0 radical (unpaired) electrons. The lowest BCUT2D eigenvalue weighted by atomic mass is 10.1. The van der Waals surface area contributed by atoms with Gasteiger partial charge in [-0.1, -0.05) is 12.1 Å². The second-order valence-electron chi connectivity index (χ2n) is 4.73. The van der Waals surface area contributed by atoms with E-state index in [1.807, 2.05) is 4.90 Å². The summed E-state index contributed by atoms with van der Waals surface area (Å²) < 4.78 is 12.7. The SMILES string of the molecule is O=C(CSCc1ccc(F)cc1)N1CCC(O)CC1. The van der Waals surface area contributed by atoms with Gasteiger partial charge in [0.15, 0.2) is 0 Å². The van der Waals surface area contributed by atoms with Crippen LogP contribution in [0.4, 0.5) is 4.39 Å². The molecule has 5 heteroatoms. The average Bonchev–Trinajstić information content (AvgIpc) is 2.41. The van der Waals surface area contributed by atoms with Crippen LogP contribution < -0.4 is 0 Å². The number of carbonyl (C=O) groups excluding carboxylic acids is 1. The molecule has 19 heavy (non-hydrogen) atoms. The molecule has 1 aromatic carbocycles. The van der Waals surface area contributed by atoms with Gasteiger partial charge >= 0.3 is 0 Å². The minimum atomic E-state index is -0.254. The molecule has 0 aliphatic carbocycles. The molecule has 0 atom stereocenters. The molecule has 1 N–H and O–H groups in total. The highest BCUT2D eigenvalue weighted by molar-refractivity contribution is 7.99. The molecule has 0 aromatic heterocycles. The van der Waals surface area contributed by atoms with Gasteiger partial charge in [0, 0.05) is 18.8 Å². The first-order valence-corrected chi connectivity index (χ1v) is 7.58. The van der Waals surface area contributed by atoms with Crippen molar-refractivity contribution >= 4 is 17.7 Å². The number of carbonyl (C=O) groups is 1. The molecule has 0 bridgehead atoms. The van der Waals surface area contributed by atoms with Gasteiger partial charge in [0.25, 0.3) is 0 Å². The number of likely N-dealkylation sites (tertiary alicyclic amines) is 1. The Morgan fingerprint density at radius 3 is 2.58 bits per heavy atom. The van der Waals surface area contributed by atoms with Crippen molar-refractivity contribution in [2.45, 2.75) is 24.7 Å². The van der Waals surface area contributed by atoms with Gasteiger partial charge in [-0.15, -0.1) is 11.8 Å². The van der Waals surface area contributed by atoms with E-state index in [2.05, 4.69) is 0 Å². The fourth-order valence-electron chi connectivity index (χ4n) is 2.04. The minimum Gasteiger partial charge on any atom is -0.393 e. The van der Waals surface area contributed by atoms with E-state index >= 15 is 0 Å². The number of aliphatic hydroxyl groups is 1. The summed E-state index contributed by atoms with van der Waals surface area (Å²) in [4.78, 5) is 13.7. The van der Waals surface area contributed by atoms with Crippen LogP contribution in [-0.4, -0.2) is 40.9 Å². The zero-order valence-electron chi connectivity index (χ0n) is 10.7. The molecule has 1 amide bonds. The number of hydrogen-bond donors (Lipinski definition) is 1. The van der Waals surface area contributed by atoms with Crippen molar-refractivity contribution in [2.75, 3.05) is 18.8 Å². The Balaban J connectivity index is 1.70. The van der Waals surface area contributed by atoms with Crippen LogP contribution in [-0.2, 0) is 10.5 Å². The fraction of sp³-hybridized carbons (Fsp3) is 0.500. The number of nitrogens with zero attached hydrogens (tertiary/aromatic N) is 1. The van der Waals surface area contributed by atoms with E-state index in [9.17, 15) is 14.3 Å². The molecule has 1 aromatic rings. The first-order chi connectivity index (χ1) is 9.15. The van der Waals surface area contributed by atoms with E-state index in [0.29, 0.717) is 37.4 Å². The molecule has 0 saturated carbocycles. The first-order valence-electron chi connectivity index (χ1n) is 6.43. The number of piperidine rings is 1. The molecule has 1 fully saturated rings. The second kappa shape index (κ2) is 6.91. The van der Waals surface area contributed by atoms with Gasteiger partial charge in [0.1, 0.15) is 5.82 Å². The van der Waals surface area contributed by atoms with Gasteiger partial charge in [0.05, 0.1) is 11.9 Å². The summed E-state index contributed by atoms with van der Waals surface area (Å²) in [6.07, 6.45) is 1.10. The molecule has 2 rings (SSSR count). The number of thioether (sulfide) groups is 1. The molecule has 1 heterocycles. The Morgan fingerprint density at radius 2 is 1.95 bits per heavy atom. The smallest absolute Gasteiger partial charge is 0.232 e. The van der Waals surface area contributed by atoms with Crippen LogP contribution in [0.15, 0.2) is 24.3 Å². The van der Waals surface area contributed by atoms with E-state index in [0.717, 1.165) is 5.56 Å². The summed E-state index contributed by atoms with van der Waals surface area (Å²) in [7, 11) is 0. The van der Waals surface area contributed by atoms with Crippen LogP contribution in [0.1, 0.15) is 18.4 Å². The summed E-state index contributed by atoms with van der Waals surface area (Å²) in [5.74, 6) is 1.03. The highest BCUT2D eigenvalue weighted by Gasteiger charge is 2.20. The molecular weight excluding hydrogens is 265 g/mol. The normalized spacial score (nSPS) is 16.6. The second-order valence-corrected chi connectivity index (χ2v) is 5.72. The Hall–Kier alpha value is -1.07. The zero-order valence-corrected chi connectivity index (χ0v) is 11.5. The number of hydrogen-bond acceptors (Lipinski definition) is 3. The summed E-state index contributed by atoms with van der Waals surface area (Å²) in [5, 5.41) is 9.38. The molecule has 104 valence electrons. The summed E-state index contributed by atoms with van der Waals surface area (Å²) >= 11 is 1.54. The maximum absolute atomic E-state index is 12.7. The number of aliphatic hydroxyl groups excluding tert-OH is 1. The van der Waals surface area contributed by atoms with Gasteiger partial charge in [-0.05, 0) is 30.5 Å². The molecule has 3 nitrogen and oxygen atoms in total. The number of halogens is 1. The predicted molar refractivity (Wildman–Crippen MR) is 74.4 cm³/mol. The van der Waals surface area contributed by atoms with E-state index in [1.54, 1.807) is 12.1 Å². The number of rotatable bonds is 4. The Labute approximate surface area is 116 Å². The number of amides is 1. The quantitative estimate of drug-likeness (QED) is 0.919. The van der Waals surface area contributed by atoms with E-state index in [4.69, 9.17) is 0 Å². The van der Waals surface area contributed by atoms with Crippen molar-refractivity contribution < 1.29 is 14.3 Å². The fourth-order valence-corrected chi connectivity index (χ4v) is 2.93. The third kappa shape index (κ3) is 4.51. The summed E-state index contributed by atoms with van der Waals surface area (Å²) in [6.45, 7) is 1.30. The highest BCUT2D eigenvalue weighted by atomic mass is 32.2. The van der Waals surface area contributed by atoms with Gasteiger partial charge in [-0.3, -0.25) is 4.79 Å². The Bertz CT molecular complexity index is 416. The van der Waals surface area contributed by atoms with Gasteiger partial charge in [-0.2, -0.15) is 0 Å². The van der Waals surface area contributed by atoms with E-state index in [1.165, 1.54) is 23.9 Å². The molecule has 0 spiro atoms. The van der Waals surface area contributed by atoms with Gasteiger partial charge in [-0.25, -0.2) is 4.39 Å². The van der Waals surface area contributed by atoms with Crippen molar-refractivity contribution in [2.24, 2.45) is 0 Å². The molecule has 1 aliphatic rings. The third-order valence-electron chi connectivity index (χ3n) is 3.22. The average molecular weight is 283 g/mol. The van der Waals surface area contributed by atoms with Crippen LogP contribution in [0.2, 0.25) is 0 Å². The monoisotopic (exact) mass is 283 g/mol. The minimum absolute atomic E-state index is 0.124. The zero-order chi connectivity index (χ0) is 13.7. The van der Waals surface area contributed by atoms with Gasteiger partial charge in [0.2, 0.25) is 5.91 Å². The standard InChI is InChI=1S/C14H18FNO2S/c15-12-3-1-11(2-4-12)9-19-10-14(18)16-7-5-13(17)6-8-16/h1-4,13,17H,5-10H2. The van der Waals surface area contributed by atoms with Crippen molar-refractivity contribution in [3.63, 3.8) is 0 Å². The maximum atomic E-state index is 12.7. The Morgan fingerprint density at radius 1 is 1.32 bits per heavy atom. The number of benzene rings is 1. The topological polar surface area (TPSA) is 40.5 Å². The van der Waals surface area contributed by atoms with E-state index < -0.39 is 0 Å². The van der Waals surface area contributed by atoms with Crippen LogP contribution >= 0.6 is 11.8 Å². The largest absolute Gasteiger partial charge is 0.393 e. The van der Waals surface area contributed by atoms with E-state index in [-0.39, 0.29) is 17.8 Å². The van der Waals surface area contributed by atoms with Crippen LogP contribution in [0.3, 0.4) is 0 Å². The summed E-state index contributed by atoms with van der Waals surface area (Å²) in [5.41, 5.74) is 1.02.